The molecular weight excluding hydrogens is 342 g/mol. The highest BCUT2D eigenvalue weighted by Crippen LogP contribution is 2.31. The third-order valence-corrected chi connectivity index (χ3v) is 5.40. The Balaban J connectivity index is 1.72. The van der Waals surface area contributed by atoms with Crippen molar-refractivity contribution in [1.82, 2.24) is 14.5 Å². The summed E-state index contributed by atoms with van der Waals surface area (Å²) >= 11 is 1.68. The third-order valence-electron chi connectivity index (χ3n) is 4.54. The molecular formula is C20H19N5S. The van der Waals surface area contributed by atoms with Gasteiger partial charge in [-0.1, -0.05) is 36.4 Å². The summed E-state index contributed by atoms with van der Waals surface area (Å²) in [5.41, 5.74) is 4.48. The Kier molecular flexibility index (Phi) is 4.58. The van der Waals surface area contributed by atoms with Crippen LogP contribution in [0.1, 0.15) is 21.7 Å². The fourth-order valence-corrected chi connectivity index (χ4v) is 3.68. The van der Waals surface area contributed by atoms with Crippen molar-refractivity contribution in [3.05, 3.63) is 75.9 Å². The van der Waals surface area contributed by atoms with Gasteiger partial charge in [-0.25, -0.2) is 9.97 Å². The number of fused-ring (bicyclic) bond motifs is 1. The maximum Gasteiger partial charge on any atom is 0.186 e. The van der Waals surface area contributed by atoms with E-state index in [-0.39, 0.29) is 0 Å². The molecule has 0 N–H and O–H groups in total. The lowest BCUT2D eigenvalue weighted by Crippen LogP contribution is -2.02. The van der Waals surface area contributed by atoms with Crippen molar-refractivity contribution in [2.24, 2.45) is 10.2 Å². The molecule has 0 fully saturated rings. The number of aromatic nitrogens is 3. The van der Waals surface area contributed by atoms with Crippen LogP contribution in [0.15, 0.2) is 64.4 Å². The van der Waals surface area contributed by atoms with Gasteiger partial charge in [-0.05, 0) is 36.4 Å². The molecule has 0 aliphatic rings. The van der Waals surface area contributed by atoms with Crippen molar-refractivity contribution in [2.75, 3.05) is 0 Å². The van der Waals surface area contributed by atoms with Crippen LogP contribution in [0, 0.1) is 13.8 Å². The Morgan fingerprint density at radius 3 is 2.65 bits per heavy atom. The molecule has 4 rings (SSSR count). The van der Waals surface area contributed by atoms with Gasteiger partial charge in [-0.3, -0.25) is 0 Å². The van der Waals surface area contributed by atoms with Crippen molar-refractivity contribution >= 4 is 28.2 Å². The van der Waals surface area contributed by atoms with Gasteiger partial charge >= 0.3 is 0 Å². The minimum Gasteiger partial charge on any atom is -0.325 e. The normalized spacial score (nSPS) is 11.6. The molecule has 6 heteroatoms. The summed E-state index contributed by atoms with van der Waals surface area (Å²) in [5, 5.41) is 11.8. The lowest BCUT2D eigenvalue weighted by atomic mass is 10.2. The van der Waals surface area contributed by atoms with Crippen molar-refractivity contribution in [3.8, 4) is 0 Å². The first-order chi connectivity index (χ1) is 12.7. The topological polar surface area (TPSA) is 55.4 Å². The summed E-state index contributed by atoms with van der Waals surface area (Å²) in [6, 6.07) is 14.5. The second kappa shape index (κ2) is 7.17. The van der Waals surface area contributed by atoms with Crippen LogP contribution in [0.2, 0.25) is 0 Å². The van der Waals surface area contributed by atoms with Crippen LogP contribution in [-0.4, -0.2) is 14.5 Å². The van der Waals surface area contributed by atoms with Crippen LogP contribution in [-0.2, 0) is 13.1 Å². The Labute approximate surface area is 156 Å². The molecule has 0 radical (unpaired) electrons. The first-order valence-corrected chi connectivity index (χ1v) is 9.36. The van der Waals surface area contributed by atoms with E-state index in [1.165, 1.54) is 16.1 Å². The molecule has 0 unspecified atom stereocenters. The molecule has 0 saturated heterocycles. The molecule has 0 aliphatic heterocycles. The van der Waals surface area contributed by atoms with Gasteiger partial charge in [0.15, 0.2) is 5.82 Å². The van der Waals surface area contributed by atoms with E-state index in [9.17, 15) is 0 Å². The first kappa shape index (κ1) is 16.6. The van der Waals surface area contributed by atoms with E-state index in [1.54, 1.807) is 17.7 Å². The zero-order valence-corrected chi connectivity index (χ0v) is 15.6. The Hall–Kier alpha value is -2.86. The summed E-state index contributed by atoms with van der Waals surface area (Å²) < 4.78 is 2.22. The van der Waals surface area contributed by atoms with Crippen molar-refractivity contribution in [1.29, 1.82) is 0 Å². The monoisotopic (exact) mass is 361 g/mol. The number of nitrogens with zero attached hydrogens (tertiary/aromatic N) is 5. The van der Waals surface area contributed by atoms with Crippen LogP contribution in [0.5, 0.6) is 0 Å². The molecule has 0 spiro atoms. The maximum absolute atomic E-state index is 4.53. The highest BCUT2D eigenvalue weighted by atomic mass is 32.1. The van der Waals surface area contributed by atoms with E-state index in [0.717, 1.165) is 23.1 Å². The van der Waals surface area contributed by atoms with Crippen LogP contribution < -0.4 is 0 Å². The molecule has 5 nitrogen and oxygen atoms in total. The molecule has 3 aromatic heterocycles. The van der Waals surface area contributed by atoms with Crippen LogP contribution >= 0.6 is 11.3 Å². The lowest BCUT2D eigenvalue weighted by Gasteiger charge is -2.07. The zero-order chi connectivity index (χ0) is 17.9. The lowest BCUT2D eigenvalue weighted by molar-refractivity contribution is 0.790. The Morgan fingerprint density at radius 1 is 1.04 bits per heavy atom. The largest absolute Gasteiger partial charge is 0.325 e. The molecule has 0 atom stereocenters. The van der Waals surface area contributed by atoms with Gasteiger partial charge in [0, 0.05) is 17.1 Å². The smallest absolute Gasteiger partial charge is 0.186 e. The SMILES string of the molecule is Cc1c(C)n(Cc2ccccc2)c2ncnc(N=NCc3cccs3)c12. The summed E-state index contributed by atoms with van der Waals surface area (Å²) in [6.45, 7) is 5.57. The van der Waals surface area contributed by atoms with Crippen LogP contribution in [0.4, 0.5) is 5.82 Å². The number of thiophene rings is 1. The van der Waals surface area contributed by atoms with Crippen molar-refractivity contribution in [2.45, 2.75) is 26.9 Å². The molecule has 4 aromatic rings. The zero-order valence-electron chi connectivity index (χ0n) is 14.8. The molecule has 3 heterocycles. The molecule has 130 valence electrons. The van der Waals surface area contributed by atoms with E-state index in [2.05, 4.69) is 68.9 Å². The van der Waals surface area contributed by atoms with Gasteiger partial charge in [0.25, 0.3) is 0 Å². The molecule has 26 heavy (non-hydrogen) atoms. The van der Waals surface area contributed by atoms with Crippen LogP contribution in [0.3, 0.4) is 0 Å². The van der Waals surface area contributed by atoms with Gasteiger partial charge in [0.05, 0.1) is 11.9 Å². The van der Waals surface area contributed by atoms with Crippen molar-refractivity contribution in [3.63, 3.8) is 0 Å². The van der Waals surface area contributed by atoms with Crippen LogP contribution in [0.25, 0.3) is 11.0 Å². The van der Waals surface area contributed by atoms with Crippen molar-refractivity contribution < 1.29 is 0 Å². The second-order valence-corrected chi connectivity index (χ2v) is 7.19. The third kappa shape index (κ3) is 3.15. The Bertz CT molecular complexity index is 1050. The standard InChI is InChI=1S/C20H19N5S/c1-14-15(2)25(12-16-7-4-3-5-8-16)20-18(14)19(21-13-22-20)24-23-11-17-9-6-10-26-17/h3-10,13H,11-12H2,1-2H3. The molecule has 0 amide bonds. The first-order valence-electron chi connectivity index (χ1n) is 8.48. The number of benzene rings is 1. The number of aryl methyl sites for hydroxylation is 1. The van der Waals surface area contributed by atoms with Gasteiger partial charge in [-0.2, -0.15) is 5.11 Å². The van der Waals surface area contributed by atoms with Gasteiger partial charge in [0.2, 0.25) is 0 Å². The number of hydrogen-bond acceptors (Lipinski definition) is 5. The maximum atomic E-state index is 4.53. The highest BCUT2D eigenvalue weighted by molar-refractivity contribution is 7.09. The van der Waals surface area contributed by atoms with E-state index in [4.69, 9.17) is 0 Å². The van der Waals surface area contributed by atoms with E-state index < -0.39 is 0 Å². The fraction of sp³-hybridized carbons (Fsp3) is 0.200. The van der Waals surface area contributed by atoms with Gasteiger partial charge in [-0.15, -0.1) is 16.5 Å². The average molecular weight is 361 g/mol. The number of rotatable bonds is 5. The molecule has 0 aliphatic carbocycles. The molecule has 0 bridgehead atoms. The summed E-state index contributed by atoms with van der Waals surface area (Å²) in [4.78, 5) is 10.1. The average Bonchev–Trinajstić information content (AvgIpc) is 3.26. The van der Waals surface area contributed by atoms with Gasteiger partial charge < -0.3 is 4.57 Å². The van der Waals surface area contributed by atoms with E-state index >= 15 is 0 Å². The predicted molar refractivity (Wildman–Crippen MR) is 105 cm³/mol. The second-order valence-electron chi connectivity index (χ2n) is 6.16. The minimum atomic E-state index is 0.575. The minimum absolute atomic E-state index is 0.575. The number of azo groups is 1. The summed E-state index contributed by atoms with van der Waals surface area (Å²) in [5.74, 6) is 0.638. The predicted octanol–water partition coefficient (Wildman–Crippen LogP) is 5.44. The Morgan fingerprint density at radius 2 is 1.88 bits per heavy atom. The summed E-state index contributed by atoms with van der Waals surface area (Å²) in [6.07, 6.45) is 1.57. The molecule has 0 saturated carbocycles. The number of hydrogen-bond donors (Lipinski definition) is 0. The van der Waals surface area contributed by atoms with Gasteiger partial charge in [0.1, 0.15) is 12.0 Å². The highest BCUT2D eigenvalue weighted by Gasteiger charge is 2.16. The van der Waals surface area contributed by atoms with E-state index in [0.29, 0.717) is 12.4 Å². The van der Waals surface area contributed by atoms with E-state index in [1.807, 2.05) is 17.5 Å². The summed E-state index contributed by atoms with van der Waals surface area (Å²) in [7, 11) is 0. The fourth-order valence-electron chi connectivity index (χ4n) is 3.06. The quantitative estimate of drug-likeness (QED) is 0.444. The molecule has 1 aromatic carbocycles.